The zero-order chi connectivity index (χ0) is 8.27. The Labute approximate surface area is 68.4 Å². The van der Waals surface area contributed by atoms with E-state index in [1.165, 1.54) is 6.42 Å². The van der Waals surface area contributed by atoms with Gasteiger partial charge in [0, 0.05) is 6.04 Å². The molecule has 1 saturated carbocycles. The highest BCUT2D eigenvalue weighted by Gasteiger charge is 2.23. The molecule has 1 aliphatic rings. The second-order valence-electron chi connectivity index (χ2n) is 3.40. The maximum absolute atomic E-state index is 5.81. The van der Waals surface area contributed by atoms with Gasteiger partial charge in [-0.25, -0.2) is 0 Å². The van der Waals surface area contributed by atoms with Gasteiger partial charge < -0.3 is 10.5 Å². The summed E-state index contributed by atoms with van der Waals surface area (Å²) in [5, 5.41) is 0. The predicted molar refractivity (Wildman–Crippen MR) is 46.4 cm³/mol. The van der Waals surface area contributed by atoms with Crippen LogP contribution in [-0.4, -0.2) is 18.8 Å². The molecule has 0 heterocycles. The first-order valence-corrected chi connectivity index (χ1v) is 4.21. The second-order valence-corrected chi connectivity index (χ2v) is 3.40. The van der Waals surface area contributed by atoms with Crippen LogP contribution in [0.25, 0.3) is 0 Å². The molecule has 0 bridgehead atoms. The van der Waals surface area contributed by atoms with Crippen LogP contribution >= 0.6 is 0 Å². The summed E-state index contributed by atoms with van der Waals surface area (Å²) < 4.78 is 5.55. The van der Waals surface area contributed by atoms with E-state index in [2.05, 4.69) is 6.58 Å². The first-order chi connectivity index (χ1) is 5.20. The van der Waals surface area contributed by atoms with E-state index in [4.69, 9.17) is 10.5 Å². The molecule has 2 unspecified atom stereocenters. The van der Waals surface area contributed by atoms with Gasteiger partial charge in [-0.05, 0) is 26.2 Å². The maximum Gasteiger partial charge on any atom is 0.0730 e. The third kappa shape index (κ3) is 2.64. The zero-order valence-electron chi connectivity index (χ0n) is 7.18. The number of hydrogen-bond donors (Lipinski definition) is 1. The number of hydrogen-bond acceptors (Lipinski definition) is 2. The average molecular weight is 155 g/mol. The van der Waals surface area contributed by atoms with Crippen LogP contribution in [-0.2, 0) is 4.74 Å². The van der Waals surface area contributed by atoms with E-state index < -0.39 is 0 Å². The van der Waals surface area contributed by atoms with Crippen LogP contribution in [0.3, 0.4) is 0 Å². The van der Waals surface area contributed by atoms with Gasteiger partial charge in [0.2, 0.25) is 0 Å². The summed E-state index contributed by atoms with van der Waals surface area (Å²) in [5.41, 5.74) is 6.88. The molecule has 2 heteroatoms. The van der Waals surface area contributed by atoms with E-state index in [9.17, 15) is 0 Å². The summed E-state index contributed by atoms with van der Waals surface area (Å²) in [6.45, 7) is 6.41. The summed E-state index contributed by atoms with van der Waals surface area (Å²) in [6, 6.07) is 0.259. The molecule has 0 saturated heterocycles. The van der Waals surface area contributed by atoms with E-state index in [0.717, 1.165) is 18.4 Å². The van der Waals surface area contributed by atoms with Gasteiger partial charge in [0.15, 0.2) is 0 Å². The van der Waals surface area contributed by atoms with Crippen molar-refractivity contribution in [2.24, 2.45) is 5.73 Å². The molecule has 0 aromatic heterocycles. The summed E-state index contributed by atoms with van der Waals surface area (Å²) >= 11 is 0. The van der Waals surface area contributed by atoms with E-state index in [1.807, 2.05) is 6.92 Å². The molecule has 0 aromatic carbocycles. The largest absolute Gasteiger partial charge is 0.372 e. The Balaban J connectivity index is 2.20. The number of ether oxygens (including phenoxy) is 1. The van der Waals surface area contributed by atoms with Crippen molar-refractivity contribution >= 4 is 0 Å². The lowest BCUT2D eigenvalue weighted by Gasteiger charge is -2.15. The minimum atomic E-state index is 0.259. The van der Waals surface area contributed by atoms with E-state index in [1.54, 1.807) is 0 Å². The average Bonchev–Trinajstić information content (AvgIpc) is 2.31. The zero-order valence-corrected chi connectivity index (χ0v) is 7.18. The standard InChI is InChI=1S/C9H17NO/c1-7(2)6-11-9-5-3-4-8(9)10/h8-9H,1,3-6,10H2,2H3. The van der Waals surface area contributed by atoms with Gasteiger partial charge >= 0.3 is 0 Å². The van der Waals surface area contributed by atoms with Crippen LogP contribution in [0.2, 0.25) is 0 Å². The molecule has 64 valence electrons. The van der Waals surface area contributed by atoms with Crippen LogP contribution in [0.4, 0.5) is 0 Å². The van der Waals surface area contributed by atoms with Crippen molar-refractivity contribution in [3.8, 4) is 0 Å². The summed E-state index contributed by atoms with van der Waals surface area (Å²) in [5.74, 6) is 0. The topological polar surface area (TPSA) is 35.2 Å². The normalized spacial score (nSPS) is 30.7. The molecule has 0 radical (unpaired) electrons. The molecule has 2 N–H and O–H groups in total. The minimum Gasteiger partial charge on any atom is -0.372 e. The van der Waals surface area contributed by atoms with Gasteiger partial charge in [-0.3, -0.25) is 0 Å². The summed E-state index contributed by atoms with van der Waals surface area (Å²) in [7, 11) is 0. The first-order valence-electron chi connectivity index (χ1n) is 4.21. The van der Waals surface area contributed by atoms with Gasteiger partial charge in [-0.15, -0.1) is 0 Å². The fourth-order valence-electron chi connectivity index (χ4n) is 1.41. The third-order valence-corrected chi connectivity index (χ3v) is 2.05. The van der Waals surface area contributed by atoms with Crippen LogP contribution in [0.15, 0.2) is 12.2 Å². The van der Waals surface area contributed by atoms with E-state index in [-0.39, 0.29) is 12.1 Å². The highest BCUT2D eigenvalue weighted by Crippen LogP contribution is 2.20. The van der Waals surface area contributed by atoms with Crippen molar-refractivity contribution < 1.29 is 4.74 Å². The summed E-state index contributed by atoms with van der Waals surface area (Å²) in [6.07, 6.45) is 3.73. The van der Waals surface area contributed by atoms with Gasteiger partial charge in [-0.1, -0.05) is 12.2 Å². The molecular formula is C9H17NO. The highest BCUT2D eigenvalue weighted by atomic mass is 16.5. The van der Waals surface area contributed by atoms with Gasteiger partial charge in [0.25, 0.3) is 0 Å². The molecule has 0 spiro atoms. The van der Waals surface area contributed by atoms with Crippen molar-refractivity contribution in [3.05, 3.63) is 12.2 Å². The van der Waals surface area contributed by atoms with Crippen molar-refractivity contribution in [1.29, 1.82) is 0 Å². The van der Waals surface area contributed by atoms with Gasteiger partial charge in [0.1, 0.15) is 0 Å². The second kappa shape index (κ2) is 3.88. The van der Waals surface area contributed by atoms with Crippen molar-refractivity contribution in [2.45, 2.75) is 38.3 Å². The van der Waals surface area contributed by atoms with Crippen LogP contribution in [0.5, 0.6) is 0 Å². The lowest BCUT2D eigenvalue weighted by molar-refractivity contribution is 0.0643. The summed E-state index contributed by atoms with van der Waals surface area (Å²) in [4.78, 5) is 0. The lowest BCUT2D eigenvalue weighted by atomic mass is 10.2. The predicted octanol–water partition coefficient (Wildman–Crippen LogP) is 1.46. The molecule has 1 aliphatic carbocycles. The molecule has 11 heavy (non-hydrogen) atoms. The SMILES string of the molecule is C=C(C)COC1CCCC1N. The van der Waals surface area contributed by atoms with Crippen molar-refractivity contribution in [2.75, 3.05) is 6.61 Å². The molecule has 2 nitrogen and oxygen atoms in total. The maximum atomic E-state index is 5.81. The molecule has 2 atom stereocenters. The molecule has 0 aromatic rings. The van der Waals surface area contributed by atoms with Crippen LogP contribution in [0, 0.1) is 0 Å². The Kier molecular flexibility index (Phi) is 3.09. The lowest BCUT2D eigenvalue weighted by Crippen LogP contribution is -2.31. The first kappa shape index (κ1) is 8.75. The van der Waals surface area contributed by atoms with Crippen LogP contribution < -0.4 is 5.73 Å². The minimum absolute atomic E-state index is 0.259. The third-order valence-electron chi connectivity index (χ3n) is 2.05. The Morgan fingerprint density at radius 1 is 1.64 bits per heavy atom. The molecule has 0 amide bonds. The smallest absolute Gasteiger partial charge is 0.0730 e. The quantitative estimate of drug-likeness (QED) is 0.626. The molecule has 0 aliphatic heterocycles. The van der Waals surface area contributed by atoms with E-state index in [0.29, 0.717) is 6.61 Å². The monoisotopic (exact) mass is 155 g/mol. The Morgan fingerprint density at radius 3 is 2.82 bits per heavy atom. The Hall–Kier alpha value is -0.340. The van der Waals surface area contributed by atoms with Crippen molar-refractivity contribution in [3.63, 3.8) is 0 Å². The van der Waals surface area contributed by atoms with Gasteiger partial charge in [0.05, 0.1) is 12.7 Å². The van der Waals surface area contributed by atoms with Gasteiger partial charge in [-0.2, -0.15) is 0 Å². The van der Waals surface area contributed by atoms with Crippen LogP contribution in [0.1, 0.15) is 26.2 Å². The van der Waals surface area contributed by atoms with E-state index >= 15 is 0 Å². The number of nitrogens with two attached hydrogens (primary N) is 1. The molecule has 1 fully saturated rings. The molecular weight excluding hydrogens is 138 g/mol. The highest BCUT2D eigenvalue weighted by molar-refractivity contribution is 4.89. The Bertz CT molecular complexity index is 144. The fraction of sp³-hybridized carbons (Fsp3) is 0.778. The Morgan fingerprint density at radius 2 is 2.36 bits per heavy atom. The molecule has 1 rings (SSSR count). The van der Waals surface area contributed by atoms with Crippen molar-refractivity contribution in [1.82, 2.24) is 0 Å². The fourth-order valence-corrected chi connectivity index (χ4v) is 1.41. The number of rotatable bonds is 3.